The maximum absolute atomic E-state index is 11.9. The molecule has 1 atom stereocenters. The van der Waals surface area contributed by atoms with Gasteiger partial charge in [-0.1, -0.05) is 6.07 Å². The molecule has 0 spiro atoms. The van der Waals surface area contributed by atoms with Crippen LogP contribution in [0.5, 0.6) is 5.75 Å². The predicted molar refractivity (Wildman–Crippen MR) is 87.3 cm³/mol. The van der Waals surface area contributed by atoms with Crippen molar-refractivity contribution in [3.8, 4) is 5.75 Å². The van der Waals surface area contributed by atoms with E-state index in [1.807, 2.05) is 18.2 Å². The molecule has 120 valence electrons. The van der Waals surface area contributed by atoms with Crippen LogP contribution < -0.4 is 10.1 Å². The Kier molecular flexibility index (Phi) is 5.11. The molecule has 5 heteroatoms. The Labute approximate surface area is 134 Å². The topological polar surface area (TPSA) is 60.7 Å². The molecule has 1 aromatic carbocycles. The van der Waals surface area contributed by atoms with Gasteiger partial charge >= 0.3 is 0 Å². The lowest BCUT2D eigenvalue weighted by molar-refractivity contribution is -0.111. The van der Waals surface area contributed by atoms with Crippen LogP contribution in [0.2, 0.25) is 0 Å². The number of amides is 1. The molecule has 5 nitrogen and oxygen atoms in total. The predicted octanol–water partition coefficient (Wildman–Crippen LogP) is 3.49. The van der Waals surface area contributed by atoms with E-state index in [9.17, 15) is 4.79 Å². The van der Waals surface area contributed by atoms with E-state index in [2.05, 4.69) is 5.32 Å². The fourth-order valence-electron chi connectivity index (χ4n) is 2.36. The quantitative estimate of drug-likeness (QED) is 0.829. The summed E-state index contributed by atoms with van der Waals surface area (Å²) >= 11 is 0. The van der Waals surface area contributed by atoms with Crippen molar-refractivity contribution in [3.63, 3.8) is 0 Å². The largest absolute Gasteiger partial charge is 0.491 e. The number of anilines is 1. The highest BCUT2D eigenvalue weighted by atomic mass is 16.5. The van der Waals surface area contributed by atoms with Crippen LogP contribution in [-0.2, 0) is 9.53 Å². The molecular formula is C18H19NO4. The molecule has 1 saturated heterocycles. The normalized spacial score (nSPS) is 17.5. The Bertz CT molecular complexity index is 657. The van der Waals surface area contributed by atoms with E-state index in [0.717, 1.165) is 19.4 Å². The smallest absolute Gasteiger partial charge is 0.248 e. The van der Waals surface area contributed by atoms with Gasteiger partial charge in [-0.2, -0.15) is 0 Å². The third-order valence-corrected chi connectivity index (χ3v) is 3.50. The first kappa shape index (κ1) is 15.4. The minimum atomic E-state index is -0.224. The van der Waals surface area contributed by atoms with Crippen molar-refractivity contribution in [2.75, 3.05) is 18.5 Å². The van der Waals surface area contributed by atoms with E-state index in [-0.39, 0.29) is 12.0 Å². The van der Waals surface area contributed by atoms with Gasteiger partial charge in [0.15, 0.2) is 0 Å². The van der Waals surface area contributed by atoms with Gasteiger partial charge in [0.1, 0.15) is 18.1 Å². The molecule has 1 aliphatic heterocycles. The fourth-order valence-corrected chi connectivity index (χ4v) is 2.36. The molecule has 2 heterocycles. The van der Waals surface area contributed by atoms with Crippen LogP contribution in [0.4, 0.5) is 5.69 Å². The highest BCUT2D eigenvalue weighted by Gasteiger charge is 2.15. The zero-order chi connectivity index (χ0) is 15.9. The maximum atomic E-state index is 11.9. The number of carbonyl (C=O) groups is 1. The number of furan rings is 1. The van der Waals surface area contributed by atoms with Crippen LogP contribution in [0.15, 0.2) is 53.2 Å². The summed E-state index contributed by atoms with van der Waals surface area (Å²) in [5, 5.41) is 2.79. The van der Waals surface area contributed by atoms with Gasteiger partial charge in [0.2, 0.25) is 5.91 Å². The number of hydrogen-bond donors (Lipinski definition) is 1. The van der Waals surface area contributed by atoms with E-state index in [0.29, 0.717) is 23.8 Å². The van der Waals surface area contributed by atoms with Gasteiger partial charge in [0.05, 0.1) is 12.4 Å². The number of hydrogen-bond acceptors (Lipinski definition) is 4. The van der Waals surface area contributed by atoms with Crippen LogP contribution >= 0.6 is 0 Å². The summed E-state index contributed by atoms with van der Waals surface area (Å²) < 4.78 is 16.4. The van der Waals surface area contributed by atoms with E-state index >= 15 is 0 Å². The lowest BCUT2D eigenvalue weighted by Crippen LogP contribution is -2.16. The van der Waals surface area contributed by atoms with Crippen LogP contribution in [0.3, 0.4) is 0 Å². The Morgan fingerprint density at radius 2 is 2.30 bits per heavy atom. The first-order valence-electron chi connectivity index (χ1n) is 7.67. The molecule has 1 N–H and O–H groups in total. The third-order valence-electron chi connectivity index (χ3n) is 3.50. The van der Waals surface area contributed by atoms with Gasteiger partial charge in [0, 0.05) is 24.4 Å². The van der Waals surface area contributed by atoms with Crippen molar-refractivity contribution in [2.24, 2.45) is 0 Å². The number of benzene rings is 1. The zero-order valence-corrected chi connectivity index (χ0v) is 12.7. The lowest BCUT2D eigenvalue weighted by Gasteiger charge is -2.12. The van der Waals surface area contributed by atoms with Crippen LogP contribution in [0.25, 0.3) is 6.08 Å². The summed E-state index contributed by atoms with van der Waals surface area (Å²) in [6, 6.07) is 10.9. The highest BCUT2D eigenvalue weighted by molar-refractivity contribution is 6.01. The molecule has 23 heavy (non-hydrogen) atoms. The molecule has 1 amide bonds. The molecule has 0 bridgehead atoms. The van der Waals surface area contributed by atoms with Gasteiger partial charge in [-0.15, -0.1) is 0 Å². The zero-order valence-electron chi connectivity index (χ0n) is 12.7. The number of carbonyl (C=O) groups excluding carboxylic acids is 1. The SMILES string of the molecule is O=C(C=Cc1ccco1)Nc1cccc(OCC2CCCO2)c1. The van der Waals surface area contributed by atoms with E-state index in [1.54, 1.807) is 30.5 Å². The summed E-state index contributed by atoms with van der Waals surface area (Å²) in [6.07, 6.45) is 6.91. The molecule has 0 radical (unpaired) electrons. The fraction of sp³-hybridized carbons (Fsp3) is 0.278. The highest BCUT2D eigenvalue weighted by Crippen LogP contribution is 2.19. The summed E-state index contributed by atoms with van der Waals surface area (Å²) in [6.45, 7) is 1.35. The average Bonchev–Trinajstić information content (AvgIpc) is 3.25. The number of nitrogens with one attached hydrogen (secondary N) is 1. The summed E-state index contributed by atoms with van der Waals surface area (Å²) in [4.78, 5) is 11.9. The Balaban J connectivity index is 1.53. The van der Waals surface area contributed by atoms with Crippen molar-refractivity contribution in [1.29, 1.82) is 0 Å². The summed E-state index contributed by atoms with van der Waals surface area (Å²) in [5.74, 6) is 1.12. The molecule has 2 aromatic rings. The van der Waals surface area contributed by atoms with Crippen molar-refractivity contribution < 1.29 is 18.7 Å². The van der Waals surface area contributed by atoms with Gasteiger partial charge in [-0.25, -0.2) is 0 Å². The molecule has 1 fully saturated rings. The van der Waals surface area contributed by atoms with Crippen molar-refractivity contribution >= 4 is 17.7 Å². The van der Waals surface area contributed by atoms with Gasteiger partial charge in [-0.3, -0.25) is 4.79 Å². The molecule has 0 saturated carbocycles. The number of ether oxygens (including phenoxy) is 2. The minimum Gasteiger partial charge on any atom is -0.491 e. The monoisotopic (exact) mass is 313 g/mol. The molecule has 1 unspecified atom stereocenters. The summed E-state index contributed by atoms with van der Waals surface area (Å²) in [5.41, 5.74) is 0.684. The third kappa shape index (κ3) is 4.72. The Morgan fingerprint density at radius 1 is 1.35 bits per heavy atom. The Hall–Kier alpha value is -2.53. The molecule has 1 aliphatic rings. The van der Waals surface area contributed by atoms with Gasteiger partial charge < -0.3 is 19.2 Å². The maximum Gasteiger partial charge on any atom is 0.248 e. The molecular weight excluding hydrogens is 294 g/mol. The van der Waals surface area contributed by atoms with Crippen LogP contribution in [-0.4, -0.2) is 25.2 Å². The van der Waals surface area contributed by atoms with Crippen molar-refractivity contribution in [2.45, 2.75) is 18.9 Å². The lowest BCUT2D eigenvalue weighted by atomic mass is 10.2. The second-order valence-corrected chi connectivity index (χ2v) is 5.31. The van der Waals surface area contributed by atoms with Gasteiger partial charge in [0.25, 0.3) is 0 Å². The minimum absolute atomic E-state index is 0.171. The van der Waals surface area contributed by atoms with Crippen LogP contribution in [0.1, 0.15) is 18.6 Å². The second-order valence-electron chi connectivity index (χ2n) is 5.31. The average molecular weight is 313 g/mol. The number of rotatable bonds is 6. The summed E-state index contributed by atoms with van der Waals surface area (Å²) in [7, 11) is 0. The first-order valence-corrected chi connectivity index (χ1v) is 7.67. The Morgan fingerprint density at radius 3 is 3.09 bits per heavy atom. The standard InChI is InChI=1S/C18H19NO4/c20-18(9-8-15-6-2-10-21-15)19-14-4-1-5-16(12-14)23-13-17-7-3-11-22-17/h1-2,4-6,8-10,12,17H,3,7,11,13H2,(H,19,20). The molecule has 0 aliphatic carbocycles. The van der Waals surface area contributed by atoms with E-state index in [4.69, 9.17) is 13.9 Å². The van der Waals surface area contributed by atoms with Gasteiger partial charge in [-0.05, 0) is 43.2 Å². The molecule has 1 aromatic heterocycles. The van der Waals surface area contributed by atoms with E-state index < -0.39 is 0 Å². The first-order chi connectivity index (χ1) is 11.3. The van der Waals surface area contributed by atoms with Crippen LogP contribution in [0, 0.1) is 0 Å². The molecule has 3 rings (SSSR count). The second kappa shape index (κ2) is 7.65. The van der Waals surface area contributed by atoms with E-state index in [1.165, 1.54) is 6.08 Å². The van der Waals surface area contributed by atoms with Crippen molar-refractivity contribution in [1.82, 2.24) is 0 Å². The van der Waals surface area contributed by atoms with Crippen molar-refractivity contribution in [3.05, 3.63) is 54.5 Å².